The number of hydrogen-bond donors (Lipinski definition) is 3. The summed E-state index contributed by atoms with van der Waals surface area (Å²) in [6, 6.07) is -0.599. The predicted octanol–water partition coefficient (Wildman–Crippen LogP) is 3.33. The van der Waals surface area contributed by atoms with Crippen LogP contribution in [0.15, 0.2) is 0 Å². The number of aliphatic carboxylic acids is 1. The number of carboxylic acid groups (broad SMARTS) is 1. The van der Waals surface area contributed by atoms with Crippen molar-refractivity contribution in [2.24, 2.45) is 0 Å². The van der Waals surface area contributed by atoms with Gasteiger partial charge in [-0.3, -0.25) is 4.79 Å². The van der Waals surface area contributed by atoms with Crippen molar-refractivity contribution in [3.63, 3.8) is 0 Å². The van der Waals surface area contributed by atoms with Crippen LogP contribution < -0.4 is 5.32 Å². The van der Waals surface area contributed by atoms with Crippen LogP contribution in [0.2, 0.25) is 0 Å². The Morgan fingerprint density at radius 2 is 1.45 bits per heavy atom. The largest absolute Gasteiger partial charge is 0.480 e. The number of aliphatic hydroxyl groups is 1. The Bertz CT molecular complexity index is 222. The fourth-order valence-corrected chi connectivity index (χ4v) is 2.33. The number of rotatable bonds is 15. The van der Waals surface area contributed by atoms with Crippen LogP contribution in [0.4, 0.5) is 0 Å². The molecule has 0 aromatic carbocycles. The van der Waals surface area contributed by atoms with Gasteiger partial charge in [-0.2, -0.15) is 0 Å². The standard InChI is InChI=1S/C16H33NO3/c1-2-3-4-5-6-7-8-9-10-11-13-17-15(12-14-18)16(19)20/h15,17-18H,2-14H2,1H3,(H,19,20). The Hall–Kier alpha value is -0.610. The molecule has 1 atom stereocenters. The van der Waals surface area contributed by atoms with Crippen LogP contribution in [0.3, 0.4) is 0 Å². The maximum Gasteiger partial charge on any atom is 0.320 e. The highest BCUT2D eigenvalue weighted by molar-refractivity contribution is 5.73. The highest BCUT2D eigenvalue weighted by atomic mass is 16.4. The zero-order valence-corrected chi connectivity index (χ0v) is 13.1. The molecule has 20 heavy (non-hydrogen) atoms. The van der Waals surface area contributed by atoms with E-state index in [4.69, 9.17) is 10.2 Å². The van der Waals surface area contributed by atoms with Crippen LogP contribution in [-0.2, 0) is 4.79 Å². The fourth-order valence-electron chi connectivity index (χ4n) is 2.33. The maximum absolute atomic E-state index is 10.8. The molecule has 0 aliphatic heterocycles. The molecule has 0 aliphatic rings. The van der Waals surface area contributed by atoms with Crippen LogP contribution in [0.25, 0.3) is 0 Å². The minimum atomic E-state index is -0.869. The minimum Gasteiger partial charge on any atom is -0.480 e. The van der Waals surface area contributed by atoms with Crippen molar-refractivity contribution in [3.8, 4) is 0 Å². The third-order valence-corrected chi connectivity index (χ3v) is 3.64. The second kappa shape index (κ2) is 14.8. The van der Waals surface area contributed by atoms with E-state index in [-0.39, 0.29) is 13.0 Å². The van der Waals surface area contributed by atoms with E-state index >= 15 is 0 Å². The molecule has 0 spiro atoms. The highest BCUT2D eigenvalue weighted by Gasteiger charge is 2.14. The number of aliphatic hydroxyl groups excluding tert-OH is 1. The molecule has 0 aromatic heterocycles. The summed E-state index contributed by atoms with van der Waals surface area (Å²) in [4.78, 5) is 10.8. The van der Waals surface area contributed by atoms with Crippen molar-refractivity contribution in [2.75, 3.05) is 13.2 Å². The van der Waals surface area contributed by atoms with E-state index in [9.17, 15) is 4.79 Å². The maximum atomic E-state index is 10.8. The molecule has 0 aromatic rings. The SMILES string of the molecule is CCCCCCCCCCCCNC(CCO)C(=O)O. The summed E-state index contributed by atoms with van der Waals surface area (Å²) in [5, 5.41) is 20.6. The lowest BCUT2D eigenvalue weighted by molar-refractivity contribution is -0.139. The fraction of sp³-hybridized carbons (Fsp3) is 0.938. The molecule has 0 rings (SSSR count). The molecule has 0 fully saturated rings. The summed E-state index contributed by atoms with van der Waals surface area (Å²) in [6.07, 6.45) is 13.1. The Kier molecular flexibility index (Phi) is 14.3. The van der Waals surface area contributed by atoms with Gasteiger partial charge in [-0.25, -0.2) is 0 Å². The smallest absolute Gasteiger partial charge is 0.320 e. The molecular weight excluding hydrogens is 254 g/mol. The molecule has 0 radical (unpaired) electrons. The summed E-state index contributed by atoms with van der Waals surface area (Å²) in [5.41, 5.74) is 0. The Morgan fingerprint density at radius 3 is 1.90 bits per heavy atom. The second-order valence-electron chi connectivity index (χ2n) is 5.54. The third-order valence-electron chi connectivity index (χ3n) is 3.64. The van der Waals surface area contributed by atoms with Crippen LogP contribution in [0.1, 0.15) is 77.6 Å². The Labute approximate surface area is 124 Å². The van der Waals surface area contributed by atoms with Crippen LogP contribution >= 0.6 is 0 Å². The molecule has 4 heteroatoms. The van der Waals surface area contributed by atoms with Crippen molar-refractivity contribution in [3.05, 3.63) is 0 Å². The quantitative estimate of drug-likeness (QED) is 0.404. The molecule has 0 bridgehead atoms. The van der Waals surface area contributed by atoms with Crippen molar-refractivity contribution < 1.29 is 15.0 Å². The van der Waals surface area contributed by atoms with Gasteiger partial charge in [0.15, 0.2) is 0 Å². The number of hydrogen-bond acceptors (Lipinski definition) is 3. The number of unbranched alkanes of at least 4 members (excludes halogenated alkanes) is 9. The topological polar surface area (TPSA) is 69.6 Å². The van der Waals surface area contributed by atoms with Crippen molar-refractivity contribution in [2.45, 2.75) is 83.6 Å². The lowest BCUT2D eigenvalue weighted by Crippen LogP contribution is -2.37. The second-order valence-corrected chi connectivity index (χ2v) is 5.54. The zero-order valence-electron chi connectivity index (χ0n) is 13.1. The van der Waals surface area contributed by atoms with Gasteiger partial charge in [0.2, 0.25) is 0 Å². The van der Waals surface area contributed by atoms with Gasteiger partial charge in [-0.05, 0) is 19.4 Å². The van der Waals surface area contributed by atoms with E-state index in [2.05, 4.69) is 12.2 Å². The van der Waals surface area contributed by atoms with Gasteiger partial charge in [0.25, 0.3) is 0 Å². The van der Waals surface area contributed by atoms with Gasteiger partial charge in [-0.15, -0.1) is 0 Å². The van der Waals surface area contributed by atoms with E-state index in [0.717, 1.165) is 19.4 Å². The van der Waals surface area contributed by atoms with Gasteiger partial charge in [0, 0.05) is 6.61 Å². The van der Waals surface area contributed by atoms with E-state index < -0.39 is 12.0 Å². The molecule has 0 aliphatic carbocycles. The van der Waals surface area contributed by atoms with Crippen molar-refractivity contribution in [1.29, 1.82) is 0 Å². The summed E-state index contributed by atoms with van der Waals surface area (Å²) in [7, 11) is 0. The van der Waals surface area contributed by atoms with E-state index in [0.29, 0.717) is 0 Å². The first kappa shape index (κ1) is 19.4. The van der Waals surface area contributed by atoms with Gasteiger partial charge in [-0.1, -0.05) is 64.7 Å². The molecule has 1 unspecified atom stereocenters. The summed E-state index contributed by atoms with van der Waals surface area (Å²) < 4.78 is 0. The molecule has 120 valence electrons. The number of carboxylic acids is 1. The first-order chi connectivity index (χ1) is 9.72. The molecule has 4 nitrogen and oxygen atoms in total. The Balaban J connectivity index is 3.25. The first-order valence-corrected chi connectivity index (χ1v) is 8.29. The molecule has 0 saturated carbocycles. The molecule has 0 heterocycles. The normalized spacial score (nSPS) is 12.5. The first-order valence-electron chi connectivity index (χ1n) is 8.29. The van der Waals surface area contributed by atoms with E-state index in [1.165, 1.54) is 51.4 Å². The summed E-state index contributed by atoms with van der Waals surface area (Å²) >= 11 is 0. The van der Waals surface area contributed by atoms with Gasteiger partial charge in [0.05, 0.1) is 0 Å². The van der Waals surface area contributed by atoms with E-state index in [1.54, 1.807) is 0 Å². The predicted molar refractivity (Wildman–Crippen MR) is 83.0 cm³/mol. The minimum absolute atomic E-state index is 0.0814. The van der Waals surface area contributed by atoms with Crippen LogP contribution in [0, 0.1) is 0 Å². The van der Waals surface area contributed by atoms with Gasteiger partial charge < -0.3 is 15.5 Å². The lowest BCUT2D eigenvalue weighted by atomic mass is 10.1. The van der Waals surface area contributed by atoms with Crippen LogP contribution in [-0.4, -0.2) is 35.4 Å². The van der Waals surface area contributed by atoms with E-state index in [1.807, 2.05) is 0 Å². The number of nitrogens with one attached hydrogen (secondary N) is 1. The van der Waals surface area contributed by atoms with Crippen LogP contribution in [0.5, 0.6) is 0 Å². The summed E-state index contributed by atoms with van der Waals surface area (Å²) in [6.45, 7) is 2.89. The Morgan fingerprint density at radius 1 is 0.950 bits per heavy atom. The van der Waals surface area contributed by atoms with Crippen molar-refractivity contribution >= 4 is 5.97 Å². The van der Waals surface area contributed by atoms with Gasteiger partial charge in [0.1, 0.15) is 6.04 Å². The molecular formula is C16H33NO3. The highest BCUT2D eigenvalue weighted by Crippen LogP contribution is 2.10. The van der Waals surface area contributed by atoms with Gasteiger partial charge >= 0.3 is 5.97 Å². The lowest BCUT2D eigenvalue weighted by Gasteiger charge is -2.12. The number of carbonyl (C=O) groups is 1. The monoisotopic (exact) mass is 287 g/mol. The molecule has 0 saturated heterocycles. The molecule has 3 N–H and O–H groups in total. The van der Waals surface area contributed by atoms with Crippen molar-refractivity contribution in [1.82, 2.24) is 5.32 Å². The zero-order chi connectivity index (χ0) is 15.1. The average molecular weight is 287 g/mol. The average Bonchev–Trinajstić information content (AvgIpc) is 2.43. The summed E-state index contributed by atoms with van der Waals surface area (Å²) in [5.74, 6) is -0.869. The third kappa shape index (κ3) is 12.4. The molecule has 0 amide bonds.